The van der Waals surface area contributed by atoms with E-state index in [9.17, 15) is 14.9 Å². The van der Waals surface area contributed by atoms with Crippen molar-refractivity contribution in [2.75, 3.05) is 12.4 Å². The molecule has 0 radical (unpaired) electrons. The average molecular weight is 394 g/mol. The van der Waals surface area contributed by atoms with Crippen molar-refractivity contribution >= 4 is 46.2 Å². The van der Waals surface area contributed by atoms with Crippen LogP contribution in [0.2, 0.25) is 5.02 Å². The number of thiocarbonyl (C=S) groups is 1. The molecule has 0 aliphatic rings. The van der Waals surface area contributed by atoms with Crippen LogP contribution in [-0.2, 0) is 11.2 Å². The average Bonchev–Trinajstić information content (AvgIpc) is 2.61. The number of ether oxygens (including phenoxy) is 1. The van der Waals surface area contributed by atoms with Gasteiger partial charge in [0.25, 0.3) is 5.69 Å². The van der Waals surface area contributed by atoms with E-state index >= 15 is 0 Å². The fourth-order valence-electron chi connectivity index (χ4n) is 2.19. The van der Waals surface area contributed by atoms with Crippen LogP contribution in [0.1, 0.15) is 12.0 Å². The molecule has 0 saturated carbocycles. The first kappa shape index (κ1) is 19.6. The summed E-state index contributed by atoms with van der Waals surface area (Å²) in [7, 11) is 1.41. The zero-order chi connectivity index (χ0) is 19.1. The van der Waals surface area contributed by atoms with Gasteiger partial charge in [0.05, 0.1) is 18.1 Å². The second-order valence-electron chi connectivity index (χ2n) is 5.23. The molecule has 1 amide bonds. The molecule has 136 valence electrons. The van der Waals surface area contributed by atoms with Crippen molar-refractivity contribution in [3.8, 4) is 5.75 Å². The maximum absolute atomic E-state index is 12.0. The van der Waals surface area contributed by atoms with Gasteiger partial charge in [-0.3, -0.25) is 14.9 Å². The Morgan fingerprint density at radius 3 is 2.69 bits per heavy atom. The van der Waals surface area contributed by atoms with Crippen LogP contribution in [0.15, 0.2) is 42.5 Å². The number of nitrogens with one attached hydrogen (secondary N) is 2. The Balaban J connectivity index is 1.95. The van der Waals surface area contributed by atoms with Gasteiger partial charge in [0.1, 0.15) is 11.4 Å². The van der Waals surface area contributed by atoms with Crippen LogP contribution in [0.25, 0.3) is 0 Å². The predicted octanol–water partition coefficient (Wildman–Crippen LogP) is 3.70. The minimum absolute atomic E-state index is 0.0255. The first-order chi connectivity index (χ1) is 12.4. The maximum Gasteiger partial charge on any atom is 0.296 e. The molecule has 2 aromatic carbocycles. The Hall–Kier alpha value is -2.71. The summed E-state index contributed by atoms with van der Waals surface area (Å²) in [6.07, 6.45) is 0.632. The lowest BCUT2D eigenvalue weighted by Gasteiger charge is -2.11. The van der Waals surface area contributed by atoms with Gasteiger partial charge in [-0.2, -0.15) is 0 Å². The summed E-state index contributed by atoms with van der Waals surface area (Å²) < 4.78 is 4.97. The van der Waals surface area contributed by atoms with Gasteiger partial charge < -0.3 is 15.4 Å². The van der Waals surface area contributed by atoms with Crippen LogP contribution >= 0.6 is 23.8 Å². The van der Waals surface area contributed by atoms with Gasteiger partial charge in [-0.25, -0.2) is 0 Å². The second kappa shape index (κ2) is 9.12. The lowest BCUT2D eigenvalue weighted by molar-refractivity contribution is -0.384. The van der Waals surface area contributed by atoms with E-state index < -0.39 is 4.92 Å². The fourth-order valence-corrected chi connectivity index (χ4v) is 2.64. The number of nitro benzene ring substituents is 1. The normalized spacial score (nSPS) is 10.1. The Morgan fingerprint density at radius 1 is 1.31 bits per heavy atom. The summed E-state index contributed by atoms with van der Waals surface area (Å²) in [5.74, 6) is 0.0236. The number of hydrogen-bond acceptors (Lipinski definition) is 5. The number of carbonyl (C=O) groups is 1. The van der Waals surface area contributed by atoms with E-state index in [4.69, 9.17) is 28.6 Å². The number of hydrogen-bond donors (Lipinski definition) is 2. The standard InChI is InChI=1S/C17H16ClN3O4S/c1-25-12-7-8-14(15(10-12)21(23)24)19-17(26)20-16(22)9-6-11-4-2-3-5-13(11)18/h2-5,7-8,10H,6,9H2,1H3,(H2,19,20,22,26). The van der Waals surface area contributed by atoms with Crippen LogP contribution < -0.4 is 15.4 Å². The molecule has 0 aliphatic heterocycles. The highest BCUT2D eigenvalue weighted by molar-refractivity contribution is 7.80. The zero-order valence-corrected chi connectivity index (χ0v) is 15.4. The number of nitro groups is 1. The molecule has 0 unspecified atom stereocenters. The third kappa shape index (κ3) is 5.40. The first-order valence-electron chi connectivity index (χ1n) is 7.57. The highest BCUT2D eigenvalue weighted by Gasteiger charge is 2.17. The number of methoxy groups -OCH3 is 1. The Bertz CT molecular complexity index is 845. The molecule has 0 fully saturated rings. The van der Waals surface area contributed by atoms with Gasteiger partial charge in [0, 0.05) is 11.4 Å². The Morgan fingerprint density at radius 2 is 2.04 bits per heavy atom. The predicted molar refractivity (Wildman–Crippen MR) is 104 cm³/mol. The largest absolute Gasteiger partial charge is 0.496 e. The van der Waals surface area contributed by atoms with E-state index in [1.165, 1.54) is 19.2 Å². The number of amides is 1. The molecule has 7 nitrogen and oxygen atoms in total. The molecule has 0 heterocycles. The summed E-state index contributed by atoms with van der Waals surface area (Å²) in [6, 6.07) is 11.5. The lowest BCUT2D eigenvalue weighted by atomic mass is 10.1. The number of aryl methyl sites for hydroxylation is 1. The molecule has 0 spiro atoms. The lowest BCUT2D eigenvalue weighted by Crippen LogP contribution is -2.34. The molecule has 2 rings (SSSR count). The molecule has 0 saturated heterocycles. The minimum Gasteiger partial charge on any atom is -0.496 e. The van der Waals surface area contributed by atoms with Crippen molar-refractivity contribution in [2.24, 2.45) is 0 Å². The molecule has 2 N–H and O–H groups in total. The van der Waals surface area contributed by atoms with E-state index in [1.807, 2.05) is 18.2 Å². The fraction of sp³-hybridized carbons (Fsp3) is 0.176. The van der Waals surface area contributed by atoms with Gasteiger partial charge >= 0.3 is 0 Å². The minimum atomic E-state index is -0.563. The number of nitrogens with zero attached hydrogens (tertiary/aromatic N) is 1. The van der Waals surface area contributed by atoms with E-state index in [-0.39, 0.29) is 28.8 Å². The van der Waals surface area contributed by atoms with Crippen molar-refractivity contribution in [3.05, 3.63) is 63.2 Å². The molecule has 0 bridgehead atoms. The Labute approximate surface area is 160 Å². The quantitative estimate of drug-likeness (QED) is 0.441. The molecule has 0 aliphatic carbocycles. The van der Waals surface area contributed by atoms with E-state index in [0.717, 1.165) is 5.56 Å². The molecule has 2 aromatic rings. The van der Waals surface area contributed by atoms with Crippen LogP contribution in [-0.4, -0.2) is 23.1 Å². The summed E-state index contributed by atoms with van der Waals surface area (Å²) in [6.45, 7) is 0. The maximum atomic E-state index is 12.0. The summed E-state index contributed by atoms with van der Waals surface area (Å²) >= 11 is 11.1. The van der Waals surface area contributed by atoms with E-state index in [1.54, 1.807) is 12.1 Å². The van der Waals surface area contributed by atoms with Gasteiger partial charge in [0.15, 0.2) is 5.11 Å². The van der Waals surface area contributed by atoms with Crippen molar-refractivity contribution in [1.82, 2.24) is 5.32 Å². The Kier molecular flexibility index (Phi) is 6.88. The monoisotopic (exact) mass is 393 g/mol. The van der Waals surface area contributed by atoms with Crippen LogP contribution in [0.3, 0.4) is 0 Å². The topological polar surface area (TPSA) is 93.5 Å². The van der Waals surface area contributed by atoms with Gasteiger partial charge in [-0.1, -0.05) is 29.8 Å². The van der Waals surface area contributed by atoms with Crippen molar-refractivity contribution in [1.29, 1.82) is 0 Å². The third-order valence-electron chi connectivity index (χ3n) is 3.48. The van der Waals surface area contributed by atoms with E-state index in [0.29, 0.717) is 17.2 Å². The molecular weight excluding hydrogens is 378 g/mol. The van der Waals surface area contributed by atoms with Crippen LogP contribution in [0.4, 0.5) is 11.4 Å². The van der Waals surface area contributed by atoms with Gasteiger partial charge in [-0.05, 0) is 42.4 Å². The van der Waals surface area contributed by atoms with Gasteiger partial charge in [0.2, 0.25) is 5.91 Å². The smallest absolute Gasteiger partial charge is 0.296 e. The molecular formula is C17H16ClN3O4S. The number of benzene rings is 2. The number of carbonyl (C=O) groups excluding carboxylic acids is 1. The third-order valence-corrected chi connectivity index (χ3v) is 4.05. The van der Waals surface area contributed by atoms with Crippen molar-refractivity contribution in [2.45, 2.75) is 12.8 Å². The van der Waals surface area contributed by atoms with Gasteiger partial charge in [-0.15, -0.1) is 0 Å². The summed E-state index contributed by atoms with van der Waals surface area (Å²) in [5, 5.41) is 16.9. The molecule has 0 atom stereocenters. The van der Waals surface area contributed by atoms with E-state index in [2.05, 4.69) is 10.6 Å². The zero-order valence-electron chi connectivity index (χ0n) is 13.8. The molecule has 0 aromatic heterocycles. The number of anilines is 1. The summed E-state index contributed by atoms with van der Waals surface area (Å²) in [4.78, 5) is 22.6. The second-order valence-corrected chi connectivity index (χ2v) is 6.05. The van der Waals surface area contributed by atoms with Crippen molar-refractivity contribution in [3.63, 3.8) is 0 Å². The SMILES string of the molecule is COc1ccc(NC(=S)NC(=O)CCc2ccccc2Cl)c([N+](=O)[O-])c1. The van der Waals surface area contributed by atoms with Crippen LogP contribution in [0, 0.1) is 10.1 Å². The highest BCUT2D eigenvalue weighted by atomic mass is 35.5. The summed E-state index contributed by atoms with van der Waals surface area (Å²) in [5.41, 5.74) is 0.804. The first-order valence-corrected chi connectivity index (χ1v) is 8.36. The number of rotatable bonds is 6. The van der Waals surface area contributed by atoms with Crippen molar-refractivity contribution < 1.29 is 14.5 Å². The highest BCUT2D eigenvalue weighted by Crippen LogP contribution is 2.28. The molecule has 26 heavy (non-hydrogen) atoms. The van der Waals surface area contributed by atoms with Crippen LogP contribution in [0.5, 0.6) is 5.75 Å². The number of halogens is 1. The molecule has 9 heteroatoms.